The van der Waals surface area contributed by atoms with Crippen LogP contribution in [-0.2, 0) is 4.74 Å². The molecule has 0 bridgehead atoms. The molecule has 1 aliphatic heterocycles. The zero-order chi connectivity index (χ0) is 34.3. The number of benzene rings is 5. The van der Waals surface area contributed by atoms with Crippen molar-refractivity contribution in [3.8, 4) is 17.1 Å². The Kier molecular flexibility index (Phi) is 10.5. The quantitative estimate of drug-likeness (QED) is 0.0872. The molecule has 1 aliphatic rings. The summed E-state index contributed by atoms with van der Waals surface area (Å²) in [5.41, 5.74) is 2.38. The van der Waals surface area contributed by atoms with Gasteiger partial charge in [-0.3, -0.25) is 0 Å². The second-order valence-electron chi connectivity index (χ2n) is 12.9. The molecule has 0 spiro atoms. The zero-order valence-corrected chi connectivity index (χ0v) is 30.7. The van der Waals surface area contributed by atoms with Crippen LogP contribution in [0, 0.1) is 0 Å². The summed E-state index contributed by atoms with van der Waals surface area (Å²) in [5.74, 6) is 0.762. The van der Waals surface area contributed by atoms with E-state index in [4.69, 9.17) is 13.9 Å². The van der Waals surface area contributed by atoms with Crippen LogP contribution < -0.4 is 31.0 Å². The summed E-state index contributed by atoms with van der Waals surface area (Å²) in [5, 5.41) is 1.61. The van der Waals surface area contributed by atoms with E-state index in [9.17, 15) is 4.79 Å². The number of para-hydroxylation sites is 1. The Labute approximate surface area is 302 Å². The van der Waals surface area contributed by atoms with Gasteiger partial charge in [0.2, 0.25) is 0 Å². The predicted octanol–water partition coefficient (Wildman–Crippen LogP) is 9.08. The summed E-state index contributed by atoms with van der Waals surface area (Å²) in [6, 6.07) is 48.5. The molecule has 7 heteroatoms. The minimum atomic E-state index is -2.94. The Hall–Kier alpha value is -4.22. The number of ether oxygens (including phenoxy) is 2. The van der Waals surface area contributed by atoms with Crippen LogP contribution >= 0.6 is 20.8 Å². The van der Waals surface area contributed by atoms with Gasteiger partial charge in [0.1, 0.15) is 0 Å². The molecular weight excluding hydrogens is 705 g/mol. The summed E-state index contributed by atoms with van der Waals surface area (Å²) < 4.78 is 18.2. The van der Waals surface area contributed by atoms with Crippen molar-refractivity contribution in [3.05, 3.63) is 150 Å². The van der Waals surface area contributed by atoms with Crippen molar-refractivity contribution < 1.29 is 13.9 Å². The fourth-order valence-corrected chi connectivity index (χ4v) is 14.9. The number of rotatable bonds is 13. The van der Waals surface area contributed by atoms with Crippen molar-refractivity contribution in [1.29, 1.82) is 0 Å². The molecule has 5 nitrogen and oxygen atoms in total. The van der Waals surface area contributed by atoms with Gasteiger partial charge in [-0.25, -0.2) is 0 Å². The van der Waals surface area contributed by atoms with Crippen LogP contribution in [0.5, 0.6) is 5.75 Å². The van der Waals surface area contributed by atoms with Crippen molar-refractivity contribution in [2.45, 2.75) is 25.7 Å². The van der Waals surface area contributed by atoms with E-state index in [1.165, 1.54) is 15.9 Å². The molecule has 0 aliphatic carbocycles. The number of anilines is 1. The third-order valence-electron chi connectivity index (χ3n) is 9.86. The first-order chi connectivity index (χ1) is 24.6. The Morgan fingerprint density at radius 3 is 1.78 bits per heavy atom. The molecule has 2 heterocycles. The Morgan fingerprint density at radius 2 is 1.18 bits per heavy atom. The summed E-state index contributed by atoms with van der Waals surface area (Å²) in [7, 11) is 0. The first kappa shape index (κ1) is 34.2. The van der Waals surface area contributed by atoms with Gasteiger partial charge in [0.15, 0.2) is 0 Å². The zero-order valence-electron chi connectivity index (χ0n) is 28.3. The second-order valence-corrected chi connectivity index (χ2v) is 22.0. The first-order valence-electron chi connectivity index (χ1n) is 17.6. The van der Waals surface area contributed by atoms with Gasteiger partial charge in [-0.05, 0) is 0 Å². The van der Waals surface area contributed by atoms with E-state index in [0.29, 0.717) is 23.3 Å². The van der Waals surface area contributed by atoms with Gasteiger partial charge < -0.3 is 9.64 Å². The van der Waals surface area contributed by atoms with Crippen LogP contribution in [0.15, 0.2) is 149 Å². The van der Waals surface area contributed by atoms with E-state index in [2.05, 4.69) is 124 Å². The fourth-order valence-electron chi connectivity index (χ4n) is 7.18. The van der Waals surface area contributed by atoms with Gasteiger partial charge in [-0.1, -0.05) is 6.07 Å². The molecule has 0 saturated carbocycles. The molecule has 1 fully saturated rings. The van der Waals surface area contributed by atoms with Crippen molar-refractivity contribution in [1.82, 2.24) is 0 Å². The van der Waals surface area contributed by atoms with Crippen LogP contribution in [0.3, 0.4) is 0 Å². The third-order valence-corrected chi connectivity index (χ3v) is 19.9. The van der Waals surface area contributed by atoms with Crippen LogP contribution in [0.25, 0.3) is 22.3 Å². The van der Waals surface area contributed by atoms with Crippen LogP contribution in [0.4, 0.5) is 5.69 Å². The van der Waals surface area contributed by atoms with Crippen LogP contribution in [0.2, 0.25) is 0 Å². The molecule has 50 heavy (non-hydrogen) atoms. The molecule has 1 saturated heterocycles. The van der Waals surface area contributed by atoms with Crippen molar-refractivity contribution in [2.24, 2.45) is 0 Å². The monoisotopic (exact) mass is 747 g/mol. The van der Waals surface area contributed by atoms with Gasteiger partial charge in [0, 0.05) is 18.8 Å². The number of nitrogens with zero attached hydrogens (tertiary/aromatic N) is 1. The summed E-state index contributed by atoms with van der Waals surface area (Å²) >= 11 is 4.57. The molecule has 6 aromatic rings. The van der Waals surface area contributed by atoms with Crippen molar-refractivity contribution in [3.63, 3.8) is 0 Å². The van der Waals surface area contributed by atoms with Crippen LogP contribution in [-0.4, -0.2) is 39.1 Å². The molecular formula is C43H43BrNO4P. The van der Waals surface area contributed by atoms with Crippen molar-refractivity contribution in [2.75, 3.05) is 44.0 Å². The molecule has 256 valence electrons. The summed E-state index contributed by atoms with van der Waals surface area (Å²) in [6.45, 7) is 3.62. The van der Waals surface area contributed by atoms with Crippen molar-refractivity contribution >= 4 is 53.4 Å². The maximum atomic E-state index is 13.7. The predicted molar refractivity (Wildman–Crippen MR) is 214 cm³/mol. The Morgan fingerprint density at radius 1 is 0.640 bits per heavy atom. The van der Waals surface area contributed by atoms with Crippen LogP contribution in [0.1, 0.15) is 25.7 Å². The van der Waals surface area contributed by atoms with E-state index in [1.807, 2.05) is 30.3 Å². The average molecular weight is 749 g/mol. The second kappa shape index (κ2) is 15.3. The molecule has 1 aromatic heterocycles. The van der Waals surface area contributed by atoms with Gasteiger partial charge >= 0.3 is 256 Å². The summed E-state index contributed by atoms with van der Waals surface area (Å²) in [6.07, 6.45) is 4.91. The minimum absolute atomic E-state index is 0.135. The Balaban J connectivity index is 1.07. The van der Waals surface area contributed by atoms with Gasteiger partial charge in [0.05, 0.1) is 13.2 Å². The van der Waals surface area contributed by atoms with Gasteiger partial charge in [0.25, 0.3) is 0 Å². The van der Waals surface area contributed by atoms with E-state index in [0.717, 1.165) is 69.4 Å². The fraction of sp³-hybridized carbons (Fsp3) is 0.233. The molecule has 0 radical (unpaired) electrons. The van der Waals surface area contributed by atoms with E-state index in [-0.39, 0.29) is 11.2 Å². The van der Waals surface area contributed by atoms with Gasteiger partial charge in [-0.15, -0.1) is 0 Å². The van der Waals surface area contributed by atoms with E-state index >= 15 is 0 Å². The van der Waals surface area contributed by atoms with Gasteiger partial charge in [-0.2, -0.15) is 0 Å². The molecule has 0 atom stereocenters. The standard InChI is InChI=1S/C43H43BrNO4P/c44-50(36-16-6-3-7-17-36,37-18-8-4-9-19-37,38-20-10-5-11-21-38)33-15-2-1-14-30-48-43-41(46)39-22-12-13-23-40(39)49-42(43)34-24-26-35(27-25-34)45-28-31-47-32-29-45/h3-13,16-27H,1-2,14-15,28-33H2. The van der Waals surface area contributed by atoms with E-state index in [1.54, 1.807) is 6.07 Å². The third kappa shape index (κ3) is 6.77. The number of halogens is 1. The molecule has 7 rings (SSSR count). The van der Waals surface area contributed by atoms with E-state index < -0.39 is 5.31 Å². The SMILES string of the molecule is O=c1c(OCCCCCCP(Br)(c2ccccc2)(c2ccccc2)c2ccccc2)c(-c2ccc(N3CCOCC3)cc2)oc2ccccc12. The average Bonchev–Trinajstić information content (AvgIpc) is 3.19. The first-order valence-corrected chi connectivity index (χ1v) is 22.0. The maximum absolute atomic E-state index is 13.7. The molecule has 0 amide bonds. The summed E-state index contributed by atoms with van der Waals surface area (Å²) in [4.78, 5) is 16.1. The topological polar surface area (TPSA) is 51.9 Å². The number of unbranched alkanes of at least 4 members (excludes halogenated alkanes) is 3. The molecule has 0 unspecified atom stereocenters. The molecule has 0 N–H and O–H groups in total. The number of hydrogen-bond donors (Lipinski definition) is 0. The number of fused-ring (bicyclic) bond motifs is 1. The normalized spacial score (nSPS) is 14.3. The number of hydrogen-bond acceptors (Lipinski definition) is 5. The number of morpholine rings is 1. The Bertz CT molecular complexity index is 1970. The molecule has 5 aromatic carbocycles.